The second kappa shape index (κ2) is 8.12. The minimum atomic E-state index is 0.482. The summed E-state index contributed by atoms with van der Waals surface area (Å²) in [6, 6.07) is 16.5. The lowest BCUT2D eigenvalue weighted by molar-refractivity contribution is -0.686. The van der Waals surface area contributed by atoms with Crippen LogP contribution >= 0.6 is 0 Å². The van der Waals surface area contributed by atoms with Crippen molar-refractivity contribution in [2.45, 2.75) is 13.1 Å². The van der Waals surface area contributed by atoms with Gasteiger partial charge in [-0.25, -0.2) is 0 Å². The van der Waals surface area contributed by atoms with E-state index in [4.69, 9.17) is 9.47 Å². The summed E-state index contributed by atoms with van der Waals surface area (Å²) in [4.78, 5) is 0. The van der Waals surface area contributed by atoms with Gasteiger partial charge in [0.15, 0.2) is 11.5 Å². The second-order valence-electron chi connectivity index (χ2n) is 4.77. The van der Waals surface area contributed by atoms with E-state index >= 15 is 0 Å². The van der Waals surface area contributed by atoms with E-state index < -0.39 is 0 Å². The number of benzene rings is 2. The molecule has 110 valence electrons. The van der Waals surface area contributed by atoms with Crippen molar-refractivity contribution < 1.29 is 14.8 Å². The van der Waals surface area contributed by atoms with E-state index in [1.165, 1.54) is 11.1 Å². The predicted octanol–water partition coefficient (Wildman–Crippen LogP) is 2.52. The molecule has 0 spiro atoms. The Morgan fingerprint density at radius 1 is 1.00 bits per heavy atom. The van der Waals surface area contributed by atoms with Crippen LogP contribution in [0.4, 0.5) is 0 Å². The number of methoxy groups -OCH3 is 1. The first-order chi connectivity index (χ1) is 10.3. The summed E-state index contributed by atoms with van der Waals surface area (Å²) >= 11 is 0. The van der Waals surface area contributed by atoms with Crippen LogP contribution in [0.15, 0.2) is 61.2 Å². The third kappa shape index (κ3) is 4.65. The standard InChI is InChI=1S/C18H21NO2/c1-3-11-21-17-10-9-16(12-18(17)20-2)14-19-13-15-7-5-4-6-8-15/h3-10,12,19H,1,11,13-14H2,2H3/p+1. The lowest BCUT2D eigenvalue weighted by Gasteiger charge is -2.10. The normalized spacial score (nSPS) is 10.1. The summed E-state index contributed by atoms with van der Waals surface area (Å²) in [6.45, 7) is 6.01. The lowest BCUT2D eigenvalue weighted by Crippen LogP contribution is -2.80. The summed E-state index contributed by atoms with van der Waals surface area (Å²) in [7, 11) is 1.66. The summed E-state index contributed by atoms with van der Waals surface area (Å²) in [5.74, 6) is 1.52. The quantitative estimate of drug-likeness (QED) is 0.756. The van der Waals surface area contributed by atoms with Gasteiger partial charge in [-0.1, -0.05) is 43.0 Å². The van der Waals surface area contributed by atoms with Crippen molar-refractivity contribution in [3.63, 3.8) is 0 Å². The third-order valence-electron chi connectivity index (χ3n) is 3.19. The summed E-state index contributed by atoms with van der Waals surface area (Å²) < 4.78 is 10.9. The highest BCUT2D eigenvalue weighted by atomic mass is 16.5. The molecule has 0 atom stereocenters. The average Bonchev–Trinajstić information content (AvgIpc) is 2.54. The maximum Gasteiger partial charge on any atom is 0.161 e. The van der Waals surface area contributed by atoms with E-state index in [2.05, 4.69) is 42.2 Å². The first kappa shape index (κ1) is 15.1. The molecular weight excluding hydrogens is 262 g/mol. The van der Waals surface area contributed by atoms with Crippen LogP contribution in [-0.2, 0) is 13.1 Å². The van der Waals surface area contributed by atoms with Crippen LogP contribution in [0.3, 0.4) is 0 Å². The van der Waals surface area contributed by atoms with E-state index in [1.54, 1.807) is 13.2 Å². The van der Waals surface area contributed by atoms with Gasteiger partial charge in [-0.15, -0.1) is 0 Å². The van der Waals surface area contributed by atoms with Crippen LogP contribution in [-0.4, -0.2) is 13.7 Å². The molecule has 0 bridgehead atoms. The van der Waals surface area contributed by atoms with Gasteiger partial charge < -0.3 is 14.8 Å². The summed E-state index contributed by atoms with van der Waals surface area (Å²) in [5, 5.41) is 2.27. The van der Waals surface area contributed by atoms with Gasteiger partial charge in [-0.3, -0.25) is 0 Å². The number of ether oxygens (including phenoxy) is 2. The molecule has 2 aromatic rings. The van der Waals surface area contributed by atoms with Crippen LogP contribution in [0.1, 0.15) is 11.1 Å². The minimum absolute atomic E-state index is 0.482. The Morgan fingerprint density at radius 2 is 1.76 bits per heavy atom. The Hall–Kier alpha value is -2.26. The van der Waals surface area contributed by atoms with Gasteiger partial charge in [0, 0.05) is 11.1 Å². The fourth-order valence-electron chi connectivity index (χ4n) is 2.13. The van der Waals surface area contributed by atoms with Gasteiger partial charge in [-0.2, -0.15) is 0 Å². The summed E-state index contributed by atoms with van der Waals surface area (Å²) in [6.07, 6.45) is 1.72. The monoisotopic (exact) mass is 284 g/mol. The largest absolute Gasteiger partial charge is 0.493 e. The van der Waals surface area contributed by atoms with E-state index in [1.807, 2.05) is 18.2 Å². The number of hydrogen-bond acceptors (Lipinski definition) is 2. The Labute approximate surface area is 126 Å². The first-order valence-corrected chi connectivity index (χ1v) is 7.09. The van der Waals surface area contributed by atoms with E-state index in [0.717, 1.165) is 24.6 Å². The molecule has 0 aliphatic rings. The van der Waals surface area contributed by atoms with Crippen LogP contribution in [0.25, 0.3) is 0 Å². The van der Waals surface area contributed by atoms with Gasteiger partial charge in [0.25, 0.3) is 0 Å². The van der Waals surface area contributed by atoms with Crippen molar-refractivity contribution in [1.29, 1.82) is 0 Å². The molecular formula is C18H22NO2+. The summed E-state index contributed by atoms with van der Waals surface area (Å²) in [5.41, 5.74) is 2.55. The molecule has 0 unspecified atom stereocenters. The van der Waals surface area contributed by atoms with Gasteiger partial charge in [0.05, 0.1) is 7.11 Å². The van der Waals surface area contributed by atoms with E-state index in [9.17, 15) is 0 Å². The van der Waals surface area contributed by atoms with Gasteiger partial charge >= 0.3 is 0 Å². The average molecular weight is 284 g/mol. The van der Waals surface area contributed by atoms with E-state index in [0.29, 0.717) is 6.61 Å². The molecule has 2 aromatic carbocycles. The topological polar surface area (TPSA) is 35.1 Å². The minimum Gasteiger partial charge on any atom is -0.493 e. The van der Waals surface area contributed by atoms with Gasteiger partial charge in [0.1, 0.15) is 19.7 Å². The highest BCUT2D eigenvalue weighted by molar-refractivity contribution is 5.42. The molecule has 0 heterocycles. The van der Waals surface area contributed by atoms with Crippen LogP contribution in [0, 0.1) is 0 Å². The van der Waals surface area contributed by atoms with Crippen LogP contribution in [0.2, 0.25) is 0 Å². The van der Waals surface area contributed by atoms with E-state index in [-0.39, 0.29) is 0 Å². The molecule has 0 aliphatic carbocycles. The molecule has 0 saturated carbocycles. The SMILES string of the molecule is C=CCOc1ccc(C[NH2+]Cc2ccccc2)cc1OC. The zero-order valence-electron chi connectivity index (χ0n) is 12.4. The molecule has 0 aliphatic heterocycles. The van der Waals surface area contributed by atoms with Crippen molar-refractivity contribution in [3.8, 4) is 11.5 Å². The molecule has 0 amide bonds. The maximum absolute atomic E-state index is 5.55. The number of quaternary nitrogens is 1. The third-order valence-corrected chi connectivity index (χ3v) is 3.19. The number of rotatable bonds is 8. The van der Waals surface area contributed by atoms with Crippen LogP contribution < -0.4 is 14.8 Å². The highest BCUT2D eigenvalue weighted by Gasteiger charge is 2.06. The van der Waals surface area contributed by atoms with Crippen LogP contribution in [0.5, 0.6) is 11.5 Å². The molecule has 21 heavy (non-hydrogen) atoms. The molecule has 2 N–H and O–H groups in total. The molecule has 0 saturated heterocycles. The zero-order chi connectivity index (χ0) is 14.9. The number of nitrogens with two attached hydrogens (primary N) is 1. The molecule has 0 aromatic heterocycles. The Balaban J connectivity index is 1.92. The van der Waals surface area contributed by atoms with Gasteiger partial charge in [-0.05, 0) is 18.2 Å². The molecule has 2 rings (SSSR count). The smallest absolute Gasteiger partial charge is 0.161 e. The maximum atomic E-state index is 5.55. The molecule has 3 heteroatoms. The van der Waals surface area contributed by atoms with Crippen molar-refractivity contribution >= 4 is 0 Å². The second-order valence-corrected chi connectivity index (χ2v) is 4.77. The molecule has 3 nitrogen and oxygen atoms in total. The Morgan fingerprint density at radius 3 is 2.48 bits per heavy atom. The van der Waals surface area contributed by atoms with Crippen molar-refractivity contribution in [3.05, 3.63) is 72.3 Å². The highest BCUT2D eigenvalue weighted by Crippen LogP contribution is 2.27. The molecule has 0 fully saturated rings. The van der Waals surface area contributed by atoms with Gasteiger partial charge in [0.2, 0.25) is 0 Å². The number of hydrogen-bond donors (Lipinski definition) is 1. The lowest BCUT2D eigenvalue weighted by atomic mass is 10.2. The predicted molar refractivity (Wildman–Crippen MR) is 84.5 cm³/mol. The Kier molecular flexibility index (Phi) is 5.85. The Bertz CT molecular complexity index is 567. The fourth-order valence-corrected chi connectivity index (χ4v) is 2.13. The van der Waals surface area contributed by atoms with Crippen molar-refractivity contribution in [1.82, 2.24) is 0 Å². The van der Waals surface area contributed by atoms with Crippen molar-refractivity contribution in [2.75, 3.05) is 13.7 Å². The zero-order valence-corrected chi connectivity index (χ0v) is 12.4. The first-order valence-electron chi connectivity index (χ1n) is 7.09. The fraction of sp³-hybridized carbons (Fsp3) is 0.222. The van der Waals surface area contributed by atoms with Crippen molar-refractivity contribution in [2.24, 2.45) is 0 Å². The molecule has 0 radical (unpaired) electrons.